The molecule has 4 rings (SSSR count). The maximum Gasteiger partial charge on any atom is 0.352 e. The van der Waals surface area contributed by atoms with E-state index in [1.54, 1.807) is 24.3 Å². The number of aryl methyl sites for hydroxylation is 1. The summed E-state index contributed by atoms with van der Waals surface area (Å²) in [6, 6.07) is 22.8. The zero-order valence-electron chi connectivity index (χ0n) is 18.0. The molecule has 1 aliphatic carbocycles. The van der Waals surface area contributed by atoms with Crippen molar-refractivity contribution in [1.29, 1.82) is 0 Å². The summed E-state index contributed by atoms with van der Waals surface area (Å²) in [7, 11) is 0. The molecule has 0 spiro atoms. The fraction of sp³-hybridized carbons (Fsp3) is 0.185. The van der Waals surface area contributed by atoms with Gasteiger partial charge in [-0.3, -0.25) is 4.79 Å². The van der Waals surface area contributed by atoms with Gasteiger partial charge in [0, 0.05) is 6.42 Å². The van der Waals surface area contributed by atoms with Crippen molar-refractivity contribution >= 4 is 33.9 Å². The number of ether oxygens (including phenoxy) is 1. The summed E-state index contributed by atoms with van der Waals surface area (Å²) in [6.07, 6.45) is 4.50. The molecule has 6 heteroatoms. The molecule has 0 saturated heterocycles. The summed E-state index contributed by atoms with van der Waals surface area (Å²) in [6.45, 7) is 0. The van der Waals surface area contributed by atoms with Crippen molar-refractivity contribution < 1.29 is 19.4 Å². The Hall–Kier alpha value is -3.38. The maximum atomic E-state index is 12.5. The molecule has 0 saturated carbocycles. The number of halogens is 1. The monoisotopic (exact) mass is 505 g/mol. The van der Waals surface area contributed by atoms with Crippen LogP contribution in [-0.2, 0) is 16.0 Å². The Morgan fingerprint density at radius 1 is 1.03 bits per heavy atom. The molecular weight excluding hydrogens is 482 g/mol. The van der Waals surface area contributed by atoms with Crippen LogP contribution < -0.4 is 10.1 Å². The highest BCUT2D eigenvalue weighted by atomic mass is 79.9. The first-order chi connectivity index (χ1) is 16.0. The fourth-order valence-corrected chi connectivity index (χ4v) is 4.43. The molecule has 0 fully saturated rings. The van der Waals surface area contributed by atoms with Gasteiger partial charge in [0.25, 0.3) is 0 Å². The number of benzene rings is 3. The van der Waals surface area contributed by atoms with Crippen LogP contribution in [0.4, 0.5) is 0 Å². The van der Waals surface area contributed by atoms with Crippen molar-refractivity contribution in [2.24, 2.45) is 0 Å². The van der Waals surface area contributed by atoms with E-state index in [4.69, 9.17) is 4.74 Å². The third-order valence-corrected chi connectivity index (χ3v) is 6.39. The van der Waals surface area contributed by atoms with Gasteiger partial charge in [-0.1, -0.05) is 48.5 Å². The molecule has 0 aromatic heterocycles. The van der Waals surface area contributed by atoms with E-state index in [-0.39, 0.29) is 18.0 Å². The van der Waals surface area contributed by atoms with E-state index in [1.165, 1.54) is 17.2 Å². The zero-order chi connectivity index (χ0) is 23.2. The number of para-hydroxylation sites is 1. The van der Waals surface area contributed by atoms with Crippen molar-refractivity contribution in [2.45, 2.75) is 31.6 Å². The lowest BCUT2D eigenvalue weighted by atomic mass is 9.96. The average Bonchev–Trinajstić information content (AvgIpc) is 3.23. The van der Waals surface area contributed by atoms with Crippen LogP contribution in [0, 0.1) is 0 Å². The normalized spacial score (nSPS) is 15.1. The summed E-state index contributed by atoms with van der Waals surface area (Å²) in [4.78, 5) is 24.2. The van der Waals surface area contributed by atoms with Crippen LogP contribution in [0.25, 0.3) is 6.08 Å². The Bertz CT molecular complexity index is 1190. The SMILES string of the molecule is O=C(CCC1CCc2ccccc21)N/C(=C\c1ccc(Oc2ccccc2Br)cc1)C(=O)O. The predicted molar refractivity (Wildman–Crippen MR) is 131 cm³/mol. The second kappa shape index (κ2) is 10.5. The second-order valence-electron chi connectivity index (χ2n) is 7.99. The molecule has 1 atom stereocenters. The number of carboxylic acids is 1. The van der Waals surface area contributed by atoms with Crippen molar-refractivity contribution in [3.63, 3.8) is 0 Å². The summed E-state index contributed by atoms with van der Waals surface area (Å²) in [5, 5.41) is 12.1. The molecule has 1 aliphatic rings. The number of nitrogens with one attached hydrogen (secondary N) is 1. The molecular formula is C27H24BrNO4. The lowest BCUT2D eigenvalue weighted by molar-refractivity contribution is -0.134. The minimum absolute atomic E-state index is 0.147. The Morgan fingerprint density at radius 2 is 1.76 bits per heavy atom. The van der Waals surface area contributed by atoms with E-state index in [2.05, 4.69) is 33.4 Å². The lowest BCUT2D eigenvalue weighted by Crippen LogP contribution is -2.27. The summed E-state index contributed by atoms with van der Waals surface area (Å²) in [5.74, 6) is 0.187. The van der Waals surface area contributed by atoms with E-state index < -0.39 is 5.97 Å². The minimum atomic E-state index is -1.18. The quantitative estimate of drug-likeness (QED) is 0.352. The van der Waals surface area contributed by atoms with Gasteiger partial charge < -0.3 is 15.2 Å². The van der Waals surface area contributed by atoms with Crippen LogP contribution in [0.2, 0.25) is 0 Å². The van der Waals surface area contributed by atoms with Gasteiger partial charge in [0.2, 0.25) is 5.91 Å². The van der Waals surface area contributed by atoms with Crippen LogP contribution in [0.3, 0.4) is 0 Å². The van der Waals surface area contributed by atoms with E-state index in [1.807, 2.05) is 36.4 Å². The Kier molecular flexibility index (Phi) is 7.25. The molecule has 2 N–H and O–H groups in total. The van der Waals surface area contributed by atoms with Crippen LogP contribution in [0.5, 0.6) is 11.5 Å². The number of hydrogen-bond donors (Lipinski definition) is 2. The van der Waals surface area contributed by atoms with Crippen molar-refractivity contribution in [2.75, 3.05) is 0 Å². The number of fused-ring (bicyclic) bond motifs is 1. The van der Waals surface area contributed by atoms with Gasteiger partial charge in [0.1, 0.15) is 17.2 Å². The van der Waals surface area contributed by atoms with Gasteiger partial charge in [-0.2, -0.15) is 0 Å². The highest BCUT2D eigenvalue weighted by Crippen LogP contribution is 2.36. The zero-order valence-corrected chi connectivity index (χ0v) is 19.5. The fourth-order valence-electron chi connectivity index (χ4n) is 4.07. The molecule has 0 aliphatic heterocycles. The molecule has 1 amide bonds. The van der Waals surface area contributed by atoms with Crippen molar-refractivity contribution in [3.8, 4) is 11.5 Å². The number of rotatable bonds is 8. The minimum Gasteiger partial charge on any atom is -0.477 e. The van der Waals surface area contributed by atoms with Crippen molar-refractivity contribution in [1.82, 2.24) is 5.32 Å². The Morgan fingerprint density at radius 3 is 2.52 bits per heavy atom. The summed E-state index contributed by atoms with van der Waals surface area (Å²) >= 11 is 3.44. The van der Waals surface area contributed by atoms with Crippen LogP contribution >= 0.6 is 15.9 Å². The van der Waals surface area contributed by atoms with Gasteiger partial charge in [0.15, 0.2) is 0 Å². The van der Waals surface area contributed by atoms with Crippen LogP contribution in [-0.4, -0.2) is 17.0 Å². The molecule has 5 nitrogen and oxygen atoms in total. The highest BCUT2D eigenvalue weighted by Gasteiger charge is 2.23. The highest BCUT2D eigenvalue weighted by molar-refractivity contribution is 9.10. The van der Waals surface area contributed by atoms with E-state index in [0.717, 1.165) is 17.3 Å². The first-order valence-electron chi connectivity index (χ1n) is 10.8. The first-order valence-corrected chi connectivity index (χ1v) is 11.6. The van der Waals surface area contributed by atoms with E-state index in [9.17, 15) is 14.7 Å². The molecule has 168 valence electrons. The number of amides is 1. The number of hydrogen-bond acceptors (Lipinski definition) is 3. The van der Waals surface area contributed by atoms with Gasteiger partial charge in [-0.15, -0.1) is 0 Å². The van der Waals surface area contributed by atoms with E-state index >= 15 is 0 Å². The molecule has 33 heavy (non-hydrogen) atoms. The van der Waals surface area contributed by atoms with Gasteiger partial charge in [-0.05, 0) is 88.1 Å². The van der Waals surface area contributed by atoms with Crippen molar-refractivity contribution in [3.05, 3.63) is 99.7 Å². The average molecular weight is 506 g/mol. The summed E-state index contributed by atoms with van der Waals surface area (Å²) in [5.41, 5.74) is 3.16. The third-order valence-electron chi connectivity index (χ3n) is 5.74. The first kappa shape index (κ1) is 22.8. The van der Waals surface area contributed by atoms with E-state index in [0.29, 0.717) is 29.4 Å². The molecule has 3 aromatic rings. The number of aliphatic carboxylic acids is 1. The predicted octanol–water partition coefficient (Wildman–Crippen LogP) is 6.29. The number of carbonyl (C=O) groups is 2. The smallest absolute Gasteiger partial charge is 0.352 e. The third kappa shape index (κ3) is 5.90. The number of carbonyl (C=O) groups excluding carboxylic acids is 1. The second-order valence-corrected chi connectivity index (χ2v) is 8.84. The van der Waals surface area contributed by atoms with Crippen LogP contribution in [0.15, 0.2) is 83.0 Å². The Labute approximate surface area is 201 Å². The largest absolute Gasteiger partial charge is 0.477 e. The molecule has 0 radical (unpaired) electrons. The molecule has 1 unspecified atom stereocenters. The van der Waals surface area contributed by atoms with Gasteiger partial charge in [-0.25, -0.2) is 4.79 Å². The van der Waals surface area contributed by atoms with Crippen LogP contribution in [0.1, 0.15) is 41.9 Å². The molecule has 3 aromatic carbocycles. The standard InChI is InChI=1S/C27H24BrNO4/c28-23-7-3-4-8-25(23)33-21-14-9-18(10-15-21)17-24(27(31)32)29-26(30)16-13-20-12-11-19-5-1-2-6-22(19)20/h1-10,14-15,17,20H,11-13,16H2,(H,29,30)(H,31,32)/b24-17-. The topological polar surface area (TPSA) is 75.6 Å². The molecule has 0 heterocycles. The number of carboxylic acid groups (broad SMARTS) is 1. The summed E-state index contributed by atoms with van der Waals surface area (Å²) < 4.78 is 6.67. The maximum absolute atomic E-state index is 12.5. The van der Waals surface area contributed by atoms with Gasteiger partial charge in [0.05, 0.1) is 4.47 Å². The lowest BCUT2D eigenvalue weighted by Gasteiger charge is -2.12. The Balaban J connectivity index is 1.36. The van der Waals surface area contributed by atoms with Gasteiger partial charge >= 0.3 is 5.97 Å². The molecule has 0 bridgehead atoms.